The number of hydrogen-bond acceptors (Lipinski definition) is 3. The number of para-hydroxylation sites is 1. The van der Waals surface area contributed by atoms with Gasteiger partial charge < -0.3 is 9.88 Å². The number of rotatable bonds is 6. The largest absolute Gasteiger partial charge is 0.332 e. The van der Waals surface area contributed by atoms with E-state index in [4.69, 9.17) is 0 Å². The second-order valence-corrected chi connectivity index (χ2v) is 7.40. The van der Waals surface area contributed by atoms with Crippen molar-refractivity contribution in [1.82, 2.24) is 14.5 Å². The van der Waals surface area contributed by atoms with E-state index in [0.29, 0.717) is 11.7 Å². The number of benzene rings is 2. The average Bonchev–Trinajstić information content (AvgIpc) is 3.30. The van der Waals surface area contributed by atoms with Crippen LogP contribution in [0.1, 0.15) is 34.6 Å². The number of nitrogens with one attached hydrogen (secondary N) is 1. The predicted octanol–water partition coefficient (Wildman–Crippen LogP) is 4.11. The first-order chi connectivity index (χ1) is 13.7. The molecule has 0 spiro atoms. The number of hydrogen-bond donors (Lipinski definition) is 1. The van der Waals surface area contributed by atoms with Gasteiger partial charge in [0.05, 0.1) is 6.33 Å². The van der Waals surface area contributed by atoms with Gasteiger partial charge in [0.2, 0.25) is 0 Å². The molecule has 0 saturated carbocycles. The SMILES string of the molecule is Cc1c(C(=O)Nc2ccccc2)ncn1C[C@@H]1CCCN1Cc1ccccc1. The minimum absolute atomic E-state index is 0.157. The molecule has 0 bridgehead atoms. The van der Waals surface area contributed by atoms with Gasteiger partial charge in [-0.25, -0.2) is 4.98 Å². The van der Waals surface area contributed by atoms with E-state index < -0.39 is 0 Å². The van der Waals surface area contributed by atoms with Gasteiger partial charge in [0.25, 0.3) is 5.91 Å². The van der Waals surface area contributed by atoms with Crippen LogP contribution in [0, 0.1) is 6.92 Å². The third-order valence-corrected chi connectivity index (χ3v) is 5.48. The quantitative estimate of drug-likeness (QED) is 0.706. The van der Waals surface area contributed by atoms with Gasteiger partial charge in [-0.05, 0) is 44.0 Å². The van der Waals surface area contributed by atoms with Crippen LogP contribution in [0.2, 0.25) is 0 Å². The number of amides is 1. The zero-order valence-electron chi connectivity index (χ0n) is 16.2. The van der Waals surface area contributed by atoms with Crippen LogP contribution in [0.5, 0.6) is 0 Å². The van der Waals surface area contributed by atoms with Crippen molar-refractivity contribution in [2.24, 2.45) is 0 Å². The molecule has 1 fully saturated rings. The molecule has 5 nitrogen and oxygen atoms in total. The molecule has 0 unspecified atom stereocenters. The molecule has 5 heteroatoms. The zero-order valence-corrected chi connectivity index (χ0v) is 16.2. The van der Waals surface area contributed by atoms with Crippen LogP contribution >= 0.6 is 0 Å². The number of nitrogens with zero attached hydrogens (tertiary/aromatic N) is 3. The molecule has 0 aliphatic carbocycles. The number of carbonyl (C=O) groups is 1. The van der Waals surface area contributed by atoms with Crippen molar-refractivity contribution in [3.05, 3.63) is 83.9 Å². The summed E-state index contributed by atoms with van der Waals surface area (Å²) in [6.07, 6.45) is 4.19. The van der Waals surface area contributed by atoms with Crippen molar-refractivity contribution in [3.8, 4) is 0 Å². The summed E-state index contributed by atoms with van der Waals surface area (Å²) in [5.74, 6) is -0.157. The van der Waals surface area contributed by atoms with Crippen LogP contribution < -0.4 is 5.32 Å². The molecule has 1 aliphatic heterocycles. The smallest absolute Gasteiger partial charge is 0.276 e. The molecule has 4 rings (SSSR count). The molecule has 3 aromatic rings. The Bertz CT molecular complexity index is 920. The topological polar surface area (TPSA) is 50.2 Å². The standard InChI is InChI=1S/C23H26N4O/c1-18-22(23(28)25-20-11-6-3-7-12-20)24-17-27(18)16-21-13-8-14-26(21)15-19-9-4-2-5-10-19/h2-7,9-12,17,21H,8,13-16H2,1H3,(H,25,28)/t21-/m0/s1. The van der Waals surface area contributed by atoms with E-state index in [2.05, 4.69) is 50.1 Å². The van der Waals surface area contributed by atoms with E-state index in [-0.39, 0.29) is 5.91 Å². The maximum absolute atomic E-state index is 12.6. The highest BCUT2D eigenvalue weighted by Crippen LogP contribution is 2.22. The van der Waals surface area contributed by atoms with Crippen LogP contribution in [0.3, 0.4) is 0 Å². The highest BCUT2D eigenvalue weighted by atomic mass is 16.1. The van der Waals surface area contributed by atoms with Gasteiger partial charge in [-0.2, -0.15) is 0 Å². The molecular weight excluding hydrogens is 348 g/mol. The van der Waals surface area contributed by atoms with Gasteiger partial charge in [-0.1, -0.05) is 48.5 Å². The van der Waals surface area contributed by atoms with E-state index in [1.54, 1.807) is 6.33 Å². The lowest BCUT2D eigenvalue weighted by molar-refractivity contribution is 0.102. The van der Waals surface area contributed by atoms with Gasteiger partial charge in [-0.15, -0.1) is 0 Å². The Morgan fingerprint density at radius 2 is 1.82 bits per heavy atom. The van der Waals surface area contributed by atoms with Gasteiger partial charge in [0, 0.05) is 30.5 Å². The number of likely N-dealkylation sites (tertiary alicyclic amines) is 1. The Kier molecular flexibility index (Phi) is 5.53. The molecule has 1 amide bonds. The average molecular weight is 374 g/mol. The number of imidazole rings is 1. The zero-order chi connectivity index (χ0) is 19.3. The first kappa shape index (κ1) is 18.4. The lowest BCUT2D eigenvalue weighted by Gasteiger charge is -2.25. The van der Waals surface area contributed by atoms with Gasteiger partial charge in [0.1, 0.15) is 5.69 Å². The minimum Gasteiger partial charge on any atom is -0.332 e. The second kappa shape index (κ2) is 8.40. The Hall–Kier alpha value is -2.92. The third-order valence-electron chi connectivity index (χ3n) is 5.48. The van der Waals surface area contributed by atoms with Crippen LogP contribution in [0.15, 0.2) is 67.0 Å². The third kappa shape index (κ3) is 4.15. The van der Waals surface area contributed by atoms with Crippen molar-refractivity contribution in [2.75, 3.05) is 11.9 Å². The summed E-state index contributed by atoms with van der Waals surface area (Å²) >= 11 is 0. The summed E-state index contributed by atoms with van der Waals surface area (Å²) in [6.45, 7) is 4.93. The summed E-state index contributed by atoms with van der Waals surface area (Å²) in [4.78, 5) is 19.5. The van der Waals surface area contributed by atoms with Crippen molar-refractivity contribution in [3.63, 3.8) is 0 Å². The summed E-state index contributed by atoms with van der Waals surface area (Å²) in [5, 5.41) is 2.92. The Morgan fingerprint density at radius 3 is 2.57 bits per heavy atom. The molecule has 144 valence electrons. The van der Waals surface area contributed by atoms with Crippen LogP contribution in [0.4, 0.5) is 5.69 Å². The maximum atomic E-state index is 12.6. The molecule has 28 heavy (non-hydrogen) atoms. The van der Waals surface area contributed by atoms with Crippen LogP contribution in [-0.2, 0) is 13.1 Å². The van der Waals surface area contributed by atoms with E-state index in [1.807, 2.05) is 37.3 Å². The fourth-order valence-electron chi connectivity index (χ4n) is 3.92. The van der Waals surface area contributed by atoms with Crippen LogP contribution in [0.25, 0.3) is 0 Å². The Morgan fingerprint density at radius 1 is 1.11 bits per heavy atom. The van der Waals surface area contributed by atoms with Crippen LogP contribution in [-0.4, -0.2) is 32.9 Å². The predicted molar refractivity (Wildman–Crippen MR) is 111 cm³/mol. The molecular formula is C23H26N4O. The van der Waals surface area contributed by atoms with E-state index in [9.17, 15) is 4.79 Å². The summed E-state index contributed by atoms with van der Waals surface area (Å²) in [6, 6.07) is 20.6. The molecule has 1 aliphatic rings. The molecule has 1 atom stereocenters. The van der Waals surface area contributed by atoms with E-state index >= 15 is 0 Å². The highest BCUT2D eigenvalue weighted by Gasteiger charge is 2.26. The highest BCUT2D eigenvalue weighted by molar-refractivity contribution is 6.03. The summed E-state index contributed by atoms with van der Waals surface area (Å²) in [5.41, 5.74) is 3.54. The molecule has 2 heterocycles. The second-order valence-electron chi connectivity index (χ2n) is 7.40. The fourth-order valence-corrected chi connectivity index (χ4v) is 3.92. The fraction of sp³-hybridized carbons (Fsp3) is 0.304. The monoisotopic (exact) mass is 374 g/mol. The van der Waals surface area contributed by atoms with E-state index in [0.717, 1.165) is 31.0 Å². The minimum atomic E-state index is -0.157. The van der Waals surface area contributed by atoms with Gasteiger partial charge in [-0.3, -0.25) is 9.69 Å². The first-order valence-corrected chi connectivity index (χ1v) is 9.87. The summed E-state index contributed by atoms with van der Waals surface area (Å²) in [7, 11) is 0. The molecule has 1 N–H and O–H groups in total. The molecule has 2 aromatic carbocycles. The summed E-state index contributed by atoms with van der Waals surface area (Å²) < 4.78 is 2.12. The molecule has 1 aromatic heterocycles. The van der Waals surface area contributed by atoms with Gasteiger partial charge >= 0.3 is 0 Å². The Balaban J connectivity index is 1.43. The number of aromatic nitrogens is 2. The van der Waals surface area contributed by atoms with E-state index in [1.165, 1.54) is 18.4 Å². The first-order valence-electron chi connectivity index (χ1n) is 9.87. The van der Waals surface area contributed by atoms with Crippen molar-refractivity contribution < 1.29 is 4.79 Å². The van der Waals surface area contributed by atoms with Crippen molar-refractivity contribution in [1.29, 1.82) is 0 Å². The molecule has 0 radical (unpaired) electrons. The number of carbonyl (C=O) groups excluding carboxylic acids is 1. The lowest BCUT2D eigenvalue weighted by atomic mass is 10.1. The van der Waals surface area contributed by atoms with Gasteiger partial charge in [0.15, 0.2) is 0 Å². The Labute approximate surface area is 166 Å². The lowest BCUT2D eigenvalue weighted by Crippen LogP contribution is -2.32. The normalized spacial score (nSPS) is 17.0. The molecule has 1 saturated heterocycles. The number of anilines is 1. The van der Waals surface area contributed by atoms with Crippen molar-refractivity contribution >= 4 is 11.6 Å². The maximum Gasteiger partial charge on any atom is 0.276 e. The van der Waals surface area contributed by atoms with Crippen molar-refractivity contribution in [2.45, 2.75) is 38.9 Å².